The summed E-state index contributed by atoms with van der Waals surface area (Å²) in [5.41, 5.74) is 15.0. The zero-order chi connectivity index (χ0) is 14.5. The van der Waals surface area contributed by atoms with Crippen LogP contribution in [-0.2, 0) is 9.84 Å². The lowest BCUT2D eigenvalue weighted by molar-refractivity contribution is 0.607. The summed E-state index contributed by atoms with van der Waals surface area (Å²) in [7, 11) is -2.67. The van der Waals surface area contributed by atoms with Crippen molar-refractivity contribution in [3.63, 3.8) is 0 Å². The fraction of sp³-hybridized carbons (Fsp3) is 0.143. The summed E-state index contributed by atoms with van der Waals surface area (Å²) in [6.45, 7) is 0. The second-order valence-corrected chi connectivity index (χ2v) is 6.60. The number of benzene rings is 2. The zero-order valence-electron chi connectivity index (χ0n) is 11.0. The molecule has 0 amide bonds. The molecule has 5 heteroatoms. The van der Waals surface area contributed by atoms with Gasteiger partial charge in [-0.05, 0) is 11.6 Å². The fourth-order valence-corrected chi connectivity index (χ4v) is 1.45. The lowest BCUT2D eigenvalue weighted by Gasteiger charge is -2.07. The van der Waals surface area contributed by atoms with Crippen LogP contribution in [0.3, 0.4) is 0 Å². The Morgan fingerprint density at radius 1 is 0.842 bits per heavy atom. The van der Waals surface area contributed by atoms with E-state index in [-0.39, 0.29) is 0 Å². The molecule has 4 N–H and O–H groups in total. The summed E-state index contributed by atoms with van der Waals surface area (Å²) in [4.78, 5) is 0. The molecular weight excluding hydrogens is 260 g/mol. The van der Waals surface area contributed by atoms with Crippen LogP contribution in [0.4, 0.5) is 11.4 Å². The Labute approximate surface area is 114 Å². The van der Waals surface area contributed by atoms with Gasteiger partial charge in [0.15, 0.2) is 0 Å². The minimum absolute atomic E-state index is 0.631. The molecule has 0 aliphatic heterocycles. The predicted molar refractivity (Wildman–Crippen MR) is 81.5 cm³/mol. The summed E-state index contributed by atoms with van der Waals surface area (Å²) >= 11 is 0. The van der Waals surface area contributed by atoms with E-state index in [4.69, 9.17) is 11.5 Å². The monoisotopic (exact) mass is 278 g/mol. The lowest BCUT2D eigenvalue weighted by atomic mass is 10.0. The summed E-state index contributed by atoms with van der Waals surface area (Å²) in [5.74, 6) is 0. The zero-order valence-corrected chi connectivity index (χ0v) is 11.8. The first-order chi connectivity index (χ1) is 8.79. The number of nitrogens with two attached hydrogens (primary N) is 2. The van der Waals surface area contributed by atoms with Gasteiger partial charge in [-0.2, -0.15) is 0 Å². The molecule has 0 fully saturated rings. The number of rotatable bonds is 1. The van der Waals surface area contributed by atoms with Crippen molar-refractivity contribution in [1.82, 2.24) is 0 Å². The quantitative estimate of drug-likeness (QED) is 0.783. The van der Waals surface area contributed by atoms with E-state index in [9.17, 15) is 8.42 Å². The van der Waals surface area contributed by atoms with E-state index in [0.29, 0.717) is 11.4 Å². The van der Waals surface area contributed by atoms with E-state index in [1.807, 2.05) is 48.5 Å². The minimum atomic E-state index is -2.67. The van der Waals surface area contributed by atoms with E-state index in [2.05, 4.69) is 0 Å². The van der Waals surface area contributed by atoms with Crippen molar-refractivity contribution in [3.8, 4) is 11.1 Å². The van der Waals surface area contributed by atoms with Crippen molar-refractivity contribution in [2.45, 2.75) is 0 Å². The summed E-state index contributed by atoms with van der Waals surface area (Å²) < 4.78 is 19.3. The Hall–Kier alpha value is -2.01. The Morgan fingerprint density at radius 3 is 1.89 bits per heavy atom. The molecule has 0 bridgehead atoms. The first-order valence-electron chi connectivity index (χ1n) is 5.63. The third-order valence-corrected chi connectivity index (χ3v) is 2.22. The second kappa shape index (κ2) is 6.24. The number of para-hydroxylation sites is 1. The van der Waals surface area contributed by atoms with Gasteiger partial charge in [0.25, 0.3) is 0 Å². The molecule has 0 atom stereocenters. The van der Waals surface area contributed by atoms with Gasteiger partial charge >= 0.3 is 0 Å². The molecule has 0 saturated heterocycles. The lowest BCUT2D eigenvalue weighted by Crippen LogP contribution is -1.96. The average molecular weight is 278 g/mol. The van der Waals surface area contributed by atoms with Gasteiger partial charge in [-0.1, -0.05) is 42.5 Å². The maximum Gasteiger partial charge on any atom is 0.144 e. The molecule has 102 valence electrons. The number of hydrogen-bond donors (Lipinski definition) is 2. The average Bonchev–Trinajstić information content (AvgIpc) is 2.32. The highest BCUT2D eigenvalue weighted by Crippen LogP contribution is 2.29. The molecule has 19 heavy (non-hydrogen) atoms. The van der Waals surface area contributed by atoms with Crippen LogP contribution < -0.4 is 11.5 Å². The first-order valence-corrected chi connectivity index (χ1v) is 7.93. The molecule has 0 saturated carbocycles. The fourth-order valence-electron chi connectivity index (χ4n) is 1.45. The highest BCUT2D eigenvalue weighted by molar-refractivity contribution is 7.89. The third kappa shape index (κ3) is 5.44. The molecule has 4 nitrogen and oxygen atoms in total. The van der Waals surface area contributed by atoms with Crippen molar-refractivity contribution < 1.29 is 8.42 Å². The highest BCUT2D eigenvalue weighted by atomic mass is 32.2. The van der Waals surface area contributed by atoms with Crippen LogP contribution in [0.25, 0.3) is 11.1 Å². The molecule has 0 heterocycles. The molecule has 0 radical (unpaired) electrons. The Kier molecular flexibility index (Phi) is 4.94. The molecule has 0 aliphatic carbocycles. The number of nitrogen functional groups attached to an aromatic ring is 2. The topological polar surface area (TPSA) is 86.2 Å². The van der Waals surface area contributed by atoms with Crippen molar-refractivity contribution in [1.29, 1.82) is 0 Å². The molecule has 0 spiro atoms. The van der Waals surface area contributed by atoms with Crippen LogP contribution in [0.2, 0.25) is 0 Å². The predicted octanol–water partition coefficient (Wildman–Crippen LogP) is 2.18. The number of sulfone groups is 1. The Balaban J connectivity index is 0.000000312. The van der Waals surface area contributed by atoms with Gasteiger partial charge in [-0.25, -0.2) is 8.42 Å². The molecule has 0 unspecified atom stereocenters. The molecule has 2 aromatic carbocycles. The maximum atomic E-state index is 9.63. The van der Waals surface area contributed by atoms with Gasteiger partial charge < -0.3 is 11.5 Å². The SMILES string of the molecule is CS(C)(=O)=O.Nc1cccc(-c2ccccc2)c1N. The molecule has 2 aromatic rings. The standard InChI is InChI=1S/C12H12N2.C2H6O2S/c13-11-8-4-7-10(12(11)14)9-5-2-1-3-6-9;1-5(2,3)4/h1-8H,13-14H2;1-2H3. The van der Waals surface area contributed by atoms with Crippen LogP contribution >= 0.6 is 0 Å². The van der Waals surface area contributed by atoms with E-state index >= 15 is 0 Å². The van der Waals surface area contributed by atoms with E-state index < -0.39 is 9.84 Å². The molecule has 0 aromatic heterocycles. The summed E-state index contributed by atoms with van der Waals surface area (Å²) in [6.07, 6.45) is 2.32. The summed E-state index contributed by atoms with van der Waals surface area (Å²) in [6, 6.07) is 15.7. The normalized spacial score (nSPS) is 10.4. The van der Waals surface area contributed by atoms with Gasteiger partial charge in [0, 0.05) is 18.1 Å². The number of hydrogen-bond acceptors (Lipinski definition) is 4. The Bertz CT molecular complexity index is 630. The molecule has 0 aliphatic rings. The largest absolute Gasteiger partial charge is 0.397 e. The van der Waals surface area contributed by atoms with Crippen LogP contribution in [0, 0.1) is 0 Å². The van der Waals surface area contributed by atoms with Gasteiger partial charge in [0.1, 0.15) is 9.84 Å². The molecular formula is C14H18N2O2S. The van der Waals surface area contributed by atoms with Crippen molar-refractivity contribution >= 4 is 21.2 Å². The van der Waals surface area contributed by atoms with Crippen LogP contribution in [0.5, 0.6) is 0 Å². The maximum absolute atomic E-state index is 9.63. The number of anilines is 2. The van der Waals surface area contributed by atoms with Crippen molar-refractivity contribution in [3.05, 3.63) is 48.5 Å². The smallest absolute Gasteiger partial charge is 0.144 e. The first kappa shape index (κ1) is 15.0. The highest BCUT2D eigenvalue weighted by Gasteiger charge is 2.03. The third-order valence-electron chi connectivity index (χ3n) is 2.22. The van der Waals surface area contributed by atoms with E-state index in [0.717, 1.165) is 23.6 Å². The van der Waals surface area contributed by atoms with Crippen LogP contribution in [-0.4, -0.2) is 20.9 Å². The van der Waals surface area contributed by atoms with Crippen LogP contribution in [0.15, 0.2) is 48.5 Å². The van der Waals surface area contributed by atoms with Crippen molar-refractivity contribution in [2.75, 3.05) is 24.0 Å². The molecule has 2 rings (SSSR count). The van der Waals surface area contributed by atoms with Gasteiger partial charge in [0.2, 0.25) is 0 Å². The minimum Gasteiger partial charge on any atom is -0.397 e. The van der Waals surface area contributed by atoms with Crippen molar-refractivity contribution in [2.24, 2.45) is 0 Å². The van der Waals surface area contributed by atoms with E-state index in [1.54, 1.807) is 0 Å². The second-order valence-electron chi connectivity index (χ2n) is 4.32. The van der Waals surface area contributed by atoms with Gasteiger partial charge in [0.05, 0.1) is 11.4 Å². The Morgan fingerprint density at radius 2 is 1.37 bits per heavy atom. The van der Waals surface area contributed by atoms with Crippen LogP contribution in [0.1, 0.15) is 0 Å². The summed E-state index contributed by atoms with van der Waals surface area (Å²) in [5, 5.41) is 0. The van der Waals surface area contributed by atoms with Gasteiger partial charge in [-0.15, -0.1) is 0 Å². The van der Waals surface area contributed by atoms with Gasteiger partial charge in [-0.3, -0.25) is 0 Å². The van der Waals surface area contributed by atoms with E-state index in [1.165, 1.54) is 0 Å².